The van der Waals surface area contributed by atoms with Crippen LogP contribution in [0.4, 0.5) is 5.69 Å². The molecule has 28 heavy (non-hydrogen) atoms. The van der Waals surface area contributed by atoms with E-state index < -0.39 is 0 Å². The van der Waals surface area contributed by atoms with E-state index in [1.54, 1.807) is 0 Å². The molecule has 3 aromatic carbocycles. The van der Waals surface area contributed by atoms with Crippen molar-refractivity contribution in [1.29, 1.82) is 0 Å². The summed E-state index contributed by atoms with van der Waals surface area (Å²) in [7, 11) is 0. The van der Waals surface area contributed by atoms with Gasteiger partial charge in [0, 0.05) is 17.0 Å². The zero-order valence-electron chi connectivity index (χ0n) is 16.4. The molecule has 1 aliphatic heterocycles. The molecule has 3 aromatic rings. The maximum absolute atomic E-state index is 5.86. The summed E-state index contributed by atoms with van der Waals surface area (Å²) in [5.74, 6) is 2.03. The van der Waals surface area contributed by atoms with Crippen LogP contribution in [0.1, 0.15) is 49.3 Å². The van der Waals surface area contributed by atoms with Gasteiger partial charge < -0.3 is 10.1 Å². The van der Waals surface area contributed by atoms with Crippen LogP contribution in [0, 0.1) is 5.92 Å². The summed E-state index contributed by atoms with van der Waals surface area (Å²) in [6, 6.07) is 22.3. The highest BCUT2D eigenvalue weighted by Crippen LogP contribution is 2.51. The van der Waals surface area contributed by atoms with Crippen molar-refractivity contribution in [3.8, 4) is 5.75 Å². The SMILES string of the molecule is CCCCOc1ccc([C@@H]2Nc3c(ccc4ccccc34)[C@@H]3C=CC[C@@H]32)cc1. The fraction of sp³-hybridized carbons (Fsp3) is 0.308. The number of ether oxygens (including phenoxy) is 1. The second-order valence-corrected chi connectivity index (χ2v) is 8.00. The van der Waals surface area contributed by atoms with Crippen molar-refractivity contribution in [2.24, 2.45) is 5.92 Å². The Morgan fingerprint density at radius 3 is 2.71 bits per heavy atom. The molecule has 0 spiro atoms. The fourth-order valence-corrected chi connectivity index (χ4v) is 4.78. The van der Waals surface area contributed by atoms with E-state index in [1.165, 1.54) is 27.6 Å². The molecular weight excluding hydrogens is 342 g/mol. The van der Waals surface area contributed by atoms with E-state index in [2.05, 4.69) is 85.1 Å². The molecule has 3 atom stereocenters. The number of allylic oxidation sites excluding steroid dienone is 2. The minimum Gasteiger partial charge on any atom is -0.494 e. The van der Waals surface area contributed by atoms with Gasteiger partial charge in [0.2, 0.25) is 0 Å². The maximum atomic E-state index is 5.86. The Morgan fingerprint density at radius 2 is 1.86 bits per heavy atom. The molecule has 0 radical (unpaired) electrons. The van der Waals surface area contributed by atoms with Crippen LogP contribution in [-0.2, 0) is 0 Å². The summed E-state index contributed by atoms with van der Waals surface area (Å²) in [6.45, 7) is 2.99. The molecule has 1 N–H and O–H groups in total. The number of hydrogen-bond acceptors (Lipinski definition) is 2. The molecule has 0 amide bonds. The van der Waals surface area contributed by atoms with E-state index in [0.717, 1.165) is 31.6 Å². The first-order valence-corrected chi connectivity index (χ1v) is 10.5. The van der Waals surface area contributed by atoms with Crippen molar-refractivity contribution < 1.29 is 4.74 Å². The van der Waals surface area contributed by atoms with Crippen LogP contribution in [0.3, 0.4) is 0 Å². The zero-order valence-corrected chi connectivity index (χ0v) is 16.4. The van der Waals surface area contributed by atoms with Crippen LogP contribution in [0.5, 0.6) is 5.75 Å². The van der Waals surface area contributed by atoms with Crippen molar-refractivity contribution in [2.75, 3.05) is 11.9 Å². The lowest BCUT2D eigenvalue weighted by Gasteiger charge is -2.38. The van der Waals surface area contributed by atoms with Gasteiger partial charge >= 0.3 is 0 Å². The molecule has 2 heteroatoms. The normalized spacial score (nSPS) is 22.5. The molecule has 0 saturated heterocycles. The van der Waals surface area contributed by atoms with Crippen molar-refractivity contribution in [3.05, 3.63) is 83.9 Å². The molecule has 2 nitrogen and oxygen atoms in total. The van der Waals surface area contributed by atoms with E-state index in [4.69, 9.17) is 4.74 Å². The Hall–Kier alpha value is -2.74. The van der Waals surface area contributed by atoms with E-state index in [0.29, 0.717) is 17.9 Å². The molecule has 1 heterocycles. The first-order chi connectivity index (χ1) is 13.8. The Morgan fingerprint density at radius 1 is 1.00 bits per heavy atom. The van der Waals surface area contributed by atoms with Gasteiger partial charge in [-0.2, -0.15) is 0 Å². The van der Waals surface area contributed by atoms with Crippen molar-refractivity contribution in [2.45, 2.75) is 38.1 Å². The van der Waals surface area contributed by atoms with Gasteiger partial charge in [0.15, 0.2) is 0 Å². The number of hydrogen-bond donors (Lipinski definition) is 1. The molecule has 5 rings (SSSR count). The third-order valence-corrected chi connectivity index (χ3v) is 6.27. The average molecular weight is 370 g/mol. The number of anilines is 1. The number of nitrogens with one attached hydrogen (secondary N) is 1. The summed E-state index contributed by atoms with van der Waals surface area (Å²) in [6.07, 6.45) is 8.16. The fourth-order valence-electron chi connectivity index (χ4n) is 4.78. The molecular formula is C26H27NO. The Balaban J connectivity index is 1.49. The van der Waals surface area contributed by atoms with Gasteiger partial charge in [-0.25, -0.2) is 0 Å². The van der Waals surface area contributed by atoms with Crippen molar-refractivity contribution in [3.63, 3.8) is 0 Å². The van der Waals surface area contributed by atoms with E-state index in [-0.39, 0.29) is 0 Å². The zero-order chi connectivity index (χ0) is 18.9. The van der Waals surface area contributed by atoms with E-state index >= 15 is 0 Å². The Labute approximate surface area is 167 Å². The minimum atomic E-state index is 0.322. The second kappa shape index (κ2) is 7.35. The molecule has 0 unspecified atom stereocenters. The van der Waals surface area contributed by atoms with Crippen LogP contribution >= 0.6 is 0 Å². The summed E-state index contributed by atoms with van der Waals surface area (Å²) in [4.78, 5) is 0. The summed E-state index contributed by atoms with van der Waals surface area (Å²) >= 11 is 0. The third kappa shape index (κ3) is 2.97. The van der Waals surface area contributed by atoms with Crippen LogP contribution in [0.15, 0.2) is 72.8 Å². The van der Waals surface area contributed by atoms with Gasteiger partial charge in [0.05, 0.1) is 12.6 Å². The minimum absolute atomic E-state index is 0.322. The molecule has 1 aliphatic carbocycles. The smallest absolute Gasteiger partial charge is 0.119 e. The summed E-state index contributed by atoms with van der Waals surface area (Å²) in [5.41, 5.74) is 4.09. The molecule has 142 valence electrons. The van der Waals surface area contributed by atoms with Gasteiger partial charge in [-0.1, -0.05) is 74.0 Å². The topological polar surface area (TPSA) is 21.3 Å². The molecule has 0 bridgehead atoms. The second-order valence-electron chi connectivity index (χ2n) is 8.00. The van der Waals surface area contributed by atoms with E-state index in [1.807, 2.05) is 0 Å². The first-order valence-electron chi connectivity index (χ1n) is 10.5. The first kappa shape index (κ1) is 17.4. The number of rotatable bonds is 5. The predicted molar refractivity (Wildman–Crippen MR) is 117 cm³/mol. The summed E-state index contributed by atoms with van der Waals surface area (Å²) in [5, 5.41) is 6.54. The van der Waals surface area contributed by atoms with Crippen LogP contribution < -0.4 is 10.1 Å². The Bertz CT molecular complexity index is 1000. The van der Waals surface area contributed by atoms with Gasteiger partial charge in [-0.05, 0) is 47.4 Å². The lowest BCUT2D eigenvalue weighted by molar-refractivity contribution is 0.309. The Kier molecular flexibility index (Phi) is 4.56. The summed E-state index contributed by atoms with van der Waals surface area (Å²) < 4.78 is 5.86. The monoisotopic (exact) mass is 369 g/mol. The predicted octanol–water partition coefficient (Wildman–Crippen LogP) is 6.85. The van der Waals surface area contributed by atoms with Gasteiger partial charge in [0.25, 0.3) is 0 Å². The standard InChI is InChI=1S/C26H27NO/c1-2-3-17-28-20-14-11-19(12-15-20)25-23-10-6-9-22(23)24-16-13-18-7-4-5-8-21(18)26(24)27-25/h4-9,11-16,22-23,25,27H,2-3,10,17H2,1H3/t22-,23+,25+/m1/s1. The van der Waals surface area contributed by atoms with E-state index in [9.17, 15) is 0 Å². The number of fused-ring (bicyclic) bond motifs is 5. The van der Waals surface area contributed by atoms with Gasteiger partial charge in [0.1, 0.15) is 5.75 Å². The quantitative estimate of drug-likeness (QED) is 0.392. The molecule has 0 fully saturated rings. The highest BCUT2D eigenvalue weighted by atomic mass is 16.5. The van der Waals surface area contributed by atoms with Crippen molar-refractivity contribution in [1.82, 2.24) is 0 Å². The van der Waals surface area contributed by atoms with Crippen LogP contribution in [-0.4, -0.2) is 6.61 Å². The number of unbranched alkanes of at least 4 members (excludes halogenated alkanes) is 1. The molecule has 0 aromatic heterocycles. The average Bonchev–Trinajstić information content (AvgIpc) is 3.24. The van der Waals surface area contributed by atoms with Gasteiger partial charge in [-0.3, -0.25) is 0 Å². The highest BCUT2D eigenvalue weighted by molar-refractivity contribution is 5.96. The van der Waals surface area contributed by atoms with Crippen molar-refractivity contribution >= 4 is 16.5 Å². The highest BCUT2D eigenvalue weighted by Gasteiger charge is 2.38. The number of benzene rings is 3. The lowest BCUT2D eigenvalue weighted by atomic mass is 9.76. The van der Waals surface area contributed by atoms with Crippen LogP contribution in [0.25, 0.3) is 10.8 Å². The lowest BCUT2D eigenvalue weighted by Crippen LogP contribution is -2.29. The maximum Gasteiger partial charge on any atom is 0.119 e. The largest absolute Gasteiger partial charge is 0.494 e. The van der Waals surface area contributed by atoms with Gasteiger partial charge in [-0.15, -0.1) is 0 Å². The molecule has 0 saturated carbocycles. The third-order valence-electron chi connectivity index (χ3n) is 6.27. The van der Waals surface area contributed by atoms with Crippen LogP contribution in [0.2, 0.25) is 0 Å². The molecule has 2 aliphatic rings.